The lowest BCUT2D eigenvalue weighted by Gasteiger charge is -2.25. The molecule has 0 saturated heterocycles. The van der Waals surface area contributed by atoms with E-state index in [0.717, 1.165) is 11.3 Å². The summed E-state index contributed by atoms with van der Waals surface area (Å²) in [5.41, 5.74) is 0.419. The Balaban J connectivity index is 2.69. The summed E-state index contributed by atoms with van der Waals surface area (Å²) in [5.74, 6) is 0.492. The lowest BCUT2D eigenvalue weighted by Crippen LogP contribution is -2.43. The van der Waals surface area contributed by atoms with Crippen LogP contribution < -0.4 is 5.32 Å². The van der Waals surface area contributed by atoms with Crippen LogP contribution in [0.4, 0.5) is 0 Å². The van der Waals surface area contributed by atoms with Crippen LogP contribution in [0.3, 0.4) is 0 Å². The molecule has 0 heterocycles. The van der Waals surface area contributed by atoms with Gasteiger partial charge in [-0.15, -0.1) is 23.4 Å². The highest BCUT2D eigenvalue weighted by Crippen LogP contribution is 2.16. The van der Waals surface area contributed by atoms with E-state index < -0.39 is 0 Å². The molecule has 0 aliphatic carbocycles. The van der Waals surface area contributed by atoms with Crippen molar-refractivity contribution in [2.45, 2.75) is 30.7 Å². The van der Waals surface area contributed by atoms with Gasteiger partial charge in [0.05, 0.1) is 0 Å². The second-order valence-electron chi connectivity index (χ2n) is 4.51. The molecule has 17 heavy (non-hydrogen) atoms. The highest BCUT2D eigenvalue weighted by molar-refractivity contribution is 7.98. The summed E-state index contributed by atoms with van der Waals surface area (Å²) in [4.78, 5) is 13.1. The molecule has 0 bridgehead atoms. The Morgan fingerprint density at radius 2 is 1.94 bits per heavy atom. The summed E-state index contributed by atoms with van der Waals surface area (Å²) in [5, 5.41) is 2.98. The molecule has 1 aromatic carbocycles. The predicted octanol–water partition coefficient (Wildman–Crippen LogP) is 3.55. The average molecular weight is 272 g/mol. The van der Waals surface area contributed by atoms with Crippen molar-refractivity contribution in [3.8, 4) is 0 Å². The van der Waals surface area contributed by atoms with Crippen LogP contribution in [0, 0.1) is 0 Å². The molecule has 1 N–H and O–H groups in total. The first-order valence-electron chi connectivity index (χ1n) is 5.51. The van der Waals surface area contributed by atoms with E-state index >= 15 is 0 Å². The van der Waals surface area contributed by atoms with Crippen LogP contribution in [0.25, 0.3) is 0 Å². The smallest absolute Gasteiger partial charge is 0.251 e. The zero-order valence-corrected chi connectivity index (χ0v) is 12.0. The van der Waals surface area contributed by atoms with E-state index in [1.807, 2.05) is 44.4 Å². The van der Waals surface area contributed by atoms with Crippen LogP contribution in [0.15, 0.2) is 29.2 Å². The van der Waals surface area contributed by atoms with Gasteiger partial charge in [0, 0.05) is 21.9 Å². The quantitative estimate of drug-likeness (QED) is 0.656. The molecule has 1 aromatic rings. The molecule has 0 saturated carbocycles. The number of nitrogens with one attached hydrogen (secondary N) is 1. The Bertz CT molecular complexity index is 376. The van der Waals surface area contributed by atoms with E-state index in [0.29, 0.717) is 11.4 Å². The molecule has 1 amide bonds. The number of amides is 1. The van der Waals surface area contributed by atoms with Crippen LogP contribution in [0.1, 0.15) is 30.6 Å². The van der Waals surface area contributed by atoms with Crippen LogP contribution >= 0.6 is 23.4 Å². The summed E-state index contributed by atoms with van der Waals surface area (Å²) in [7, 11) is 0. The molecule has 2 nitrogen and oxygen atoms in total. The van der Waals surface area contributed by atoms with Gasteiger partial charge >= 0.3 is 0 Å². The maximum atomic E-state index is 12.0. The first-order valence-corrected chi connectivity index (χ1v) is 7.27. The largest absolute Gasteiger partial charge is 0.347 e. The number of thioether (sulfide) groups is 1. The monoisotopic (exact) mass is 271 g/mol. The van der Waals surface area contributed by atoms with Gasteiger partial charge in [-0.25, -0.2) is 0 Å². The second kappa shape index (κ2) is 6.31. The summed E-state index contributed by atoms with van der Waals surface area (Å²) >= 11 is 7.36. The third-order valence-electron chi connectivity index (χ3n) is 2.52. The molecule has 94 valence electrons. The van der Waals surface area contributed by atoms with Gasteiger partial charge in [-0.1, -0.05) is 0 Å². The first kappa shape index (κ1) is 14.4. The Morgan fingerprint density at radius 1 is 1.35 bits per heavy atom. The van der Waals surface area contributed by atoms with Gasteiger partial charge in [0.2, 0.25) is 0 Å². The average Bonchev–Trinajstić information content (AvgIpc) is 2.28. The molecule has 0 atom stereocenters. The summed E-state index contributed by atoms with van der Waals surface area (Å²) in [6.45, 7) is 3.95. The van der Waals surface area contributed by atoms with Crippen LogP contribution in [0.5, 0.6) is 0 Å². The third kappa shape index (κ3) is 4.60. The van der Waals surface area contributed by atoms with Crippen molar-refractivity contribution in [3.05, 3.63) is 29.8 Å². The van der Waals surface area contributed by atoms with Crippen molar-refractivity contribution in [3.63, 3.8) is 0 Å². The Labute approximate surface area is 112 Å². The van der Waals surface area contributed by atoms with Gasteiger partial charge in [0.1, 0.15) is 0 Å². The van der Waals surface area contributed by atoms with Crippen LogP contribution in [-0.4, -0.2) is 23.6 Å². The number of halogens is 1. The molecule has 0 fully saturated rings. The lowest BCUT2D eigenvalue weighted by atomic mass is 10.0. The predicted molar refractivity (Wildman–Crippen MR) is 75.1 cm³/mol. The van der Waals surface area contributed by atoms with E-state index in [9.17, 15) is 4.79 Å². The Morgan fingerprint density at radius 3 is 2.41 bits per heavy atom. The maximum absolute atomic E-state index is 12.0. The Hall–Kier alpha value is -0.670. The molecule has 4 heteroatoms. The third-order valence-corrected chi connectivity index (χ3v) is 3.46. The molecule has 0 spiro atoms. The van der Waals surface area contributed by atoms with Crippen molar-refractivity contribution in [2.24, 2.45) is 0 Å². The fourth-order valence-corrected chi connectivity index (χ4v) is 2.30. The van der Waals surface area contributed by atoms with E-state index in [1.54, 1.807) is 11.8 Å². The van der Waals surface area contributed by atoms with Gasteiger partial charge in [-0.2, -0.15) is 0 Å². The number of rotatable bonds is 5. The number of carbonyl (C=O) groups excluding carboxylic acids is 1. The van der Waals surface area contributed by atoms with E-state index in [1.165, 1.54) is 0 Å². The van der Waals surface area contributed by atoms with E-state index in [2.05, 4.69) is 5.32 Å². The summed E-state index contributed by atoms with van der Waals surface area (Å²) in [6.07, 6.45) is 2.77. The van der Waals surface area contributed by atoms with E-state index in [-0.39, 0.29) is 11.4 Å². The number of benzene rings is 1. The van der Waals surface area contributed by atoms with Crippen molar-refractivity contribution in [2.75, 3.05) is 12.1 Å². The van der Waals surface area contributed by atoms with Gasteiger partial charge in [0.15, 0.2) is 0 Å². The molecule has 0 radical (unpaired) electrons. The molecule has 0 aliphatic rings. The van der Waals surface area contributed by atoms with Gasteiger partial charge in [0.25, 0.3) is 5.91 Å². The minimum Gasteiger partial charge on any atom is -0.347 e. The number of hydrogen-bond acceptors (Lipinski definition) is 2. The topological polar surface area (TPSA) is 29.1 Å². The fourth-order valence-electron chi connectivity index (χ4n) is 1.42. The molecule has 0 unspecified atom stereocenters. The minimum absolute atomic E-state index is 0.0484. The standard InChI is InChI=1S/C13H18ClNOS/c1-13(2,8-9-14)15-12(16)10-4-6-11(17-3)7-5-10/h4-7H,8-9H2,1-3H3,(H,15,16). The van der Waals surface area contributed by atoms with Crippen molar-refractivity contribution in [1.29, 1.82) is 0 Å². The number of alkyl halides is 1. The number of carbonyl (C=O) groups is 1. The molecular weight excluding hydrogens is 254 g/mol. The fraction of sp³-hybridized carbons (Fsp3) is 0.462. The molecule has 0 aliphatic heterocycles. The highest BCUT2D eigenvalue weighted by atomic mass is 35.5. The minimum atomic E-state index is -0.267. The molecule has 1 rings (SSSR count). The zero-order valence-electron chi connectivity index (χ0n) is 10.4. The van der Waals surface area contributed by atoms with Crippen molar-refractivity contribution in [1.82, 2.24) is 5.32 Å². The Kier molecular flexibility index (Phi) is 5.34. The maximum Gasteiger partial charge on any atom is 0.251 e. The molecular formula is C13H18ClNOS. The van der Waals surface area contributed by atoms with Crippen LogP contribution in [-0.2, 0) is 0 Å². The highest BCUT2D eigenvalue weighted by Gasteiger charge is 2.20. The molecule has 0 aromatic heterocycles. The zero-order chi connectivity index (χ0) is 12.9. The van der Waals surface area contributed by atoms with Gasteiger partial charge < -0.3 is 5.32 Å². The first-order chi connectivity index (χ1) is 7.98. The normalized spacial score (nSPS) is 11.3. The van der Waals surface area contributed by atoms with E-state index in [4.69, 9.17) is 11.6 Å². The van der Waals surface area contributed by atoms with Gasteiger partial charge in [-0.3, -0.25) is 4.79 Å². The van der Waals surface area contributed by atoms with Crippen LogP contribution in [0.2, 0.25) is 0 Å². The van der Waals surface area contributed by atoms with Gasteiger partial charge in [-0.05, 0) is 50.8 Å². The van der Waals surface area contributed by atoms with Crippen molar-refractivity contribution >= 4 is 29.3 Å². The summed E-state index contributed by atoms with van der Waals surface area (Å²) in [6, 6.07) is 7.60. The SMILES string of the molecule is CSc1ccc(C(=O)NC(C)(C)CCCl)cc1. The lowest BCUT2D eigenvalue weighted by molar-refractivity contribution is 0.0911. The van der Waals surface area contributed by atoms with Crippen molar-refractivity contribution < 1.29 is 4.79 Å². The summed E-state index contributed by atoms with van der Waals surface area (Å²) < 4.78 is 0. The second-order valence-corrected chi connectivity index (χ2v) is 5.76. The number of hydrogen-bond donors (Lipinski definition) is 1.